The van der Waals surface area contributed by atoms with E-state index in [0.29, 0.717) is 30.4 Å². The maximum Gasteiger partial charge on any atom is 0.301 e. The minimum absolute atomic E-state index is 0.418. The molecular weight excluding hydrogens is 252 g/mol. The van der Waals surface area contributed by atoms with Crippen LogP contribution in [0.2, 0.25) is 0 Å². The van der Waals surface area contributed by atoms with Crippen molar-refractivity contribution in [1.82, 2.24) is 14.5 Å². The van der Waals surface area contributed by atoms with Gasteiger partial charge in [0.15, 0.2) is 0 Å². The van der Waals surface area contributed by atoms with Crippen LogP contribution in [0.15, 0.2) is 0 Å². The number of hydrogen-bond donors (Lipinski definition) is 2. The molecule has 1 aromatic rings. The van der Waals surface area contributed by atoms with E-state index in [2.05, 4.69) is 21.8 Å². The zero-order valence-corrected chi connectivity index (χ0v) is 11.8. The van der Waals surface area contributed by atoms with E-state index in [1.807, 2.05) is 0 Å². The van der Waals surface area contributed by atoms with E-state index in [1.54, 1.807) is 13.8 Å². The molecule has 1 atom stereocenters. The van der Waals surface area contributed by atoms with E-state index in [1.165, 1.54) is 4.31 Å². The summed E-state index contributed by atoms with van der Waals surface area (Å²) in [5.74, 6) is 0.418. The highest BCUT2D eigenvalue weighted by atomic mass is 32.2. The fraction of sp³-hybridized carbons (Fsp3) is 0.727. The second kappa shape index (κ2) is 4.89. The number of aromatic nitrogens is 2. The highest BCUT2D eigenvalue weighted by Crippen LogP contribution is 2.22. The van der Waals surface area contributed by atoms with Gasteiger partial charge < -0.3 is 0 Å². The molecule has 1 saturated heterocycles. The molecule has 0 aromatic carbocycles. The normalized spacial score (nSPS) is 22.1. The second-order valence-electron chi connectivity index (χ2n) is 5.02. The van der Waals surface area contributed by atoms with Crippen LogP contribution in [0.1, 0.15) is 31.2 Å². The number of aromatic amines is 1. The first-order chi connectivity index (χ1) is 8.40. The van der Waals surface area contributed by atoms with Gasteiger partial charge in [-0.25, -0.2) is 0 Å². The highest BCUT2D eigenvalue weighted by molar-refractivity contribution is 7.90. The molecule has 6 nitrogen and oxygen atoms in total. The Labute approximate surface area is 108 Å². The van der Waals surface area contributed by atoms with Gasteiger partial charge in [-0.3, -0.25) is 9.82 Å². The van der Waals surface area contributed by atoms with E-state index >= 15 is 0 Å². The number of anilines is 1. The number of rotatable bonds is 3. The lowest BCUT2D eigenvalue weighted by Crippen LogP contribution is -2.42. The summed E-state index contributed by atoms with van der Waals surface area (Å²) < 4.78 is 28.7. The van der Waals surface area contributed by atoms with Crippen LogP contribution in [0.5, 0.6) is 0 Å². The quantitative estimate of drug-likeness (QED) is 0.873. The Kier molecular flexibility index (Phi) is 3.63. The van der Waals surface area contributed by atoms with Gasteiger partial charge in [-0.1, -0.05) is 6.92 Å². The molecule has 0 saturated carbocycles. The van der Waals surface area contributed by atoms with Gasteiger partial charge in [-0.2, -0.15) is 17.8 Å². The SMILES string of the molecule is Cc1n[nH]c(C)c1NS(=O)(=O)N1CCCC(C)C1. The number of piperidine rings is 1. The molecule has 1 aliphatic heterocycles. The number of H-pyrrole nitrogens is 1. The number of hydrogen-bond acceptors (Lipinski definition) is 3. The Hall–Kier alpha value is -1.08. The van der Waals surface area contributed by atoms with E-state index < -0.39 is 10.2 Å². The van der Waals surface area contributed by atoms with Crippen LogP contribution in [0.4, 0.5) is 5.69 Å². The molecular formula is C11H20N4O2S. The Balaban J connectivity index is 2.17. The third-order valence-corrected chi connectivity index (χ3v) is 4.79. The summed E-state index contributed by atoms with van der Waals surface area (Å²) in [4.78, 5) is 0. The van der Waals surface area contributed by atoms with E-state index in [0.717, 1.165) is 18.5 Å². The zero-order chi connectivity index (χ0) is 13.3. The first-order valence-corrected chi connectivity index (χ1v) is 7.63. The van der Waals surface area contributed by atoms with Crippen LogP contribution in [-0.4, -0.2) is 36.0 Å². The zero-order valence-electron chi connectivity index (χ0n) is 11.0. The minimum atomic E-state index is -3.46. The number of aryl methyl sites for hydroxylation is 2. The fourth-order valence-electron chi connectivity index (χ4n) is 2.26. The van der Waals surface area contributed by atoms with Crippen molar-refractivity contribution in [2.45, 2.75) is 33.6 Å². The standard InChI is InChI=1S/C11H20N4O2S/c1-8-5-4-6-15(7-8)18(16,17)14-11-9(2)12-13-10(11)3/h8,14H,4-7H2,1-3H3,(H,12,13). The lowest BCUT2D eigenvalue weighted by Gasteiger charge is -2.30. The molecule has 102 valence electrons. The molecule has 0 aliphatic carbocycles. The van der Waals surface area contributed by atoms with Crippen LogP contribution in [0, 0.1) is 19.8 Å². The second-order valence-corrected chi connectivity index (χ2v) is 6.69. The Morgan fingerprint density at radius 2 is 2.17 bits per heavy atom. The van der Waals surface area contributed by atoms with Gasteiger partial charge in [0.05, 0.1) is 17.1 Å². The van der Waals surface area contributed by atoms with Crippen LogP contribution < -0.4 is 4.72 Å². The summed E-state index contributed by atoms with van der Waals surface area (Å²) in [7, 11) is -3.46. The lowest BCUT2D eigenvalue weighted by molar-refractivity contribution is 0.282. The monoisotopic (exact) mass is 272 g/mol. The average molecular weight is 272 g/mol. The topological polar surface area (TPSA) is 78.1 Å². The van der Waals surface area contributed by atoms with Gasteiger partial charge >= 0.3 is 10.2 Å². The summed E-state index contributed by atoms with van der Waals surface area (Å²) in [6, 6.07) is 0. The van der Waals surface area contributed by atoms with E-state index in [9.17, 15) is 8.42 Å². The van der Waals surface area contributed by atoms with Crippen molar-refractivity contribution in [1.29, 1.82) is 0 Å². The Morgan fingerprint density at radius 1 is 1.44 bits per heavy atom. The summed E-state index contributed by atoms with van der Waals surface area (Å²) in [6.07, 6.45) is 2.02. The predicted molar refractivity (Wildman–Crippen MR) is 70.6 cm³/mol. The van der Waals surface area contributed by atoms with Crippen molar-refractivity contribution in [2.24, 2.45) is 5.92 Å². The van der Waals surface area contributed by atoms with Crippen LogP contribution in [0.3, 0.4) is 0 Å². The van der Waals surface area contributed by atoms with Crippen LogP contribution in [0.25, 0.3) is 0 Å². The molecule has 0 radical (unpaired) electrons. The molecule has 1 aliphatic rings. The van der Waals surface area contributed by atoms with Crippen molar-refractivity contribution < 1.29 is 8.42 Å². The number of nitrogens with one attached hydrogen (secondary N) is 2. The molecule has 1 unspecified atom stereocenters. The fourth-order valence-corrected chi connectivity index (χ4v) is 3.77. The molecule has 7 heteroatoms. The van der Waals surface area contributed by atoms with Gasteiger partial charge in [0.25, 0.3) is 0 Å². The van der Waals surface area contributed by atoms with Crippen molar-refractivity contribution >= 4 is 15.9 Å². The summed E-state index contributed by atoms with van der Waals surface area (Å²) in [5.41, 5.74) is 1.97. The van der Waals surface area contributed by atoms with Crippen molar-refractivity contribution in [3.8, 4) is 0 Å². The summed E-state index contributed by atoms with van der Waals surface area (Å²) >= 11 is 0. The Bertz CT molecular complexity index is 504. The van der Waals surface area contributed by atoms with E-state index in [-0.39, 0.29) is 0 Å². The smallest absolute Gasteiger partial charge is 0.280 e. The molecule has 1 aromatic heterocycles. The molecule has 2 rings (SSSR count). The van der Waals surface area contributed by atoms with Gasteiger partial charge in [0, 0.05) is 13.1 Å². The third-order valence-electron chi connectivity index (χ3n) is 3.32. The summed E-state index contributed by atoms with van der Waals surface area (Å²) in [5, 5.41) is 6.77. The maximum atomic E-state index is 12.3. The first kappa shape index (κ1) is 13.4. The minimum Gasteiger partial charge on any atom is -0.280 e. The predicted octanol–water partition coefficient (Wildman–Crippen LogP) is 1.42. The van der Waals surface area contributed by atoms with Crippen molar-refractivity contribution in [3.05, 3.63) is 11.4 Å². The Morgan fingerprint density at radius 3 is 2.72 bits per heavy atom. The highest BCUT2D eigenvalue weighted by Gasteiger charge is 2.28. The maximum absolute atomic E-state index is 12.3. The molecule has 0 amide bonds. The van der Waals surface area contributed by atoms with Crippen molar-refractivity contribution in [2.75, 3.05) is 17.8 Å². The largest absolute Gasteiger partial charge is 0.301 e. The van der Waals surface area contributed by atoms with Gasteiger partial charge in [-0.15, -0.1) is 0 Å². The van der Waals surface area contributed by atoms with Gasteiger partial charge in [0.1, 0.15) is 0 Å². The number of nitrogens with zero attached hydrogens (tertiary/aromatic N) is 2. The molecule has 1 fully saturated rings. The lowest BCUT2D eigenvalue weighted by atomic mass is 10.0. The average Bonchev–Trinajstić information content (AvgIpc) is 2.60. The van der Waals surface area contributed by atoms with Gasteiger partial charge in [-0.05, 0) is 32.6 Å². The first-order valence-electron chi connectivity index (χ1n) is 6.19. The molecule has 18 heavy (non-hydrogen) atoms. The summed E-state index contributed by atoms with van der Waals surface area (Å²) in [6.45, 7) is 6.84. The molecule has 0 spiro atoms. The molecule has 2 N–H and O–H groups in total. The van der Waals surface area contributed by atoms with Gasteiger partial charge in [0.2, 0.25) is 0 Å². The van der Waals surface area contributed by atoms with E-state index in [4.69, 9.17) is 0 Å². The van der Waals surface area contributed by atoms with Crippen LogP contribution >= 0.6 is 0 Å². The molecule has 2 heterocycles. The third kappa shape index (κ3) is 2.67. The van der Waals surface area contributed by atoms with Crippen molar-refractivity contribution in [3.63, 3.8) is 0 Å². The molecule has 0 bridgehead atoms. The van der Waals surface area contributed by atoms with Crippen LogP contribution in [-0.2, 0) is 10.2 Å².